The second-order valence-electron chi connectivity index (χ2n) is 6.19. The first kappa shape index (κ1) is 20.2. The molecule has 1 atom stereocenters. The normalized spacial score (nSPS) is 18.9. The van der Waals surface area contributed by atoms with Crippen LogP contribution < -0.4 is 10.0 Å². The number of amides is 1. The molecule has 0 saturated carbocycles. The van der Waals surface area contributed by atoms with Gasteiger partial charge in [0.25, 0.3) is 0 Å². The lowest BCUT2D eigenvalue weighted by Crippen LogP contribution is -2.50. The van der Waals surface area contributed by atoms with Gasteiger partial charge < -0.3 is 5.32 Å². The zero-order valence-corrected chi connectivity index (χ0v) is 16.1. The van der Waals surface area contributed by atoms with E-state index in [1.807, 2.05) is 0 Å². The van der Waals surface area contributed by atoms with E-state index in [2.05, 4.69) is 21.9 Å². The summed E-state index contributed by atoms with van der Waals surface area (Å²) in [6.45, 7) is 4.37. The molecule has 1 fully saturated rings. The van der Waals surface area contributed by atoms with Crippen LogP contribution in [0, 0.1) is 0 Å². The molecule has 1 heterocycles. The summed E-state index contributed by atoms with van der Waals surface area (Å²) in [5.41, 5.74) is 0. The summed E-state index contributed by atoms with van der Waals surface area (Å²) in [5, 5.41) is 3.21. The standard InChI is InChI=1S/C17H26ClN3O3S/c1-2-11-21-12-4-3-8-16(21)17(22)19-9-10-20-25(23,24)15-7-5-6-14(18)13-15/h5-7,13,16,20H,2-4,8-12H2,1H3,(H,19,22). The van der Waals surface area contributed by atoms with Crippen LogP contribution in [0.1, 0.15) is 32.6 Å². The maximum Gasteiger partial charge on any atom is 0.240 e. The first-order valence-electron chi connectivity index (χ1n) is 8.71. The Morgan fingerprint density at radius 1 is 1.32 bits per heavy atom. The zero-order chi connectivity index (χ0) is 18.3. The van der Waals surface area contributed by atoms with E-state index in [-0.39, 0.29) is 29.9 Å². The molecule has 0 spiro atoms. The second-order valence-corrected chi connectivity index (χ2v) is 8.40. The summed E-state index contributed by atoms with van der Waals surface area (Å²) in [6.07, 6.45) is 4.06. The van der Waals surface area contributed by atoms with Crippen molar-refractivity contribution in [3.8, 4) is 0 Å². The summed E-state index contributed by atoms with van der Waals surface area (Å²) in [4.78, 5) is 14.7. The zero-order valence-electron chi connectivity index (χ0n) is 14.5. The fourth-order valence-electron chi connectivity index (χ4n) is 3.05. The van der Waals surface area contributed by atoms with Crippen LogP contribution in [-0.2, 0) is 14.8 Å². The molecule has 1 aromatic carbocycles. The molecular weight excluding hydrogens is 362 g/mol. The SMILES string of the molecule is CCCN1CCCCC1C(=O)NCCNS(=O)(=O)c1cccc(Cl)c1. The molecule has 0 radical (unpaired) electrons. The minimum Gasteiger partial charge on any atom is -0.353 e. The van der Waals surface area contributed by atoms with Gasteiger partial charge in [0.2, 0.25) is 15.9 Å². The van der Waals surface area contributed by atoms with Gasteiger partial charge in [0, 0.05) is 18.1 Å². The average molecular weight is 388 g/mol. The molecule has 8 heteroatoms. The van der Waals surface area contributed by atoms with Crippen molar-refractivity contribution in [2.24, 2.45) is 0 Å². The van der Waals surface area contributed by atoms with E-state index in [9.17, 15) is 13.2 Å². The van der Waals surface area contributed by atoms with Crippen molar-refractivity contribution in [3.05, 3.63) is 29.3 Å². The summed E-state index contributed by atoms with van der Waals surface area (Å²) in [7, 11) is -3.62. The van der Waals surface area contributed by atoms with Crippen LogP contribution in [0.4, 0.5) is 0 Å². The Balaban J connectivity index is 1.81. The van der Waals surface area contributed by atoms with E-state index in [0.29, 0.717) is 5.02 Å². The Labute approximate surface area is 155 Å². The van der Waals surface area contributed by atoms with Gasteiger partial charge in [0.15, 0.2) is 0 Å². The van der Waals surface area contributed by atoms with Crippen molar-refractivity contribution >= 4 is 27.5 Å². The van der Waals surface area contributed by atoms with Crippen LogP contribution in [0.5, 0.6) is 0 Å². The number of benzene rings is 1. The summed E-state index contributed by atoms with van der Waals surface area (Å²) >= 11 is 5.83. The van der Waals surface area contributed by atoms with Gasteiger partial charge >= 0.3 is 0 Å². The van der Waals surface area contributed by atoms with E-state index in [0.717, 1.165) is 38.8 Å². The smallest absolute Gasteiger partial charge is 0.240 e. The minimum atomic E-state index is -3.62. The summed E-state index contributed by atoms with van der Waals surface area (Å²) in [6, 6.07) is 5.99. The van der Waals surface area contributed by atoms with Crippen LogP contribution >= 0.6 is 11.6 Å². The van der Waals surface area contributed by atoms with E-state index in [1.165, 1.54) is 12.1 Å². The molecule has 1 amide bonds. The maximum atomic E-state index is 12.4. The van der Waals surface area contributed by atoms with E-state index >= 15 is 0 Å². The minimum absolute atomic E-state index is 0.0184. The van der Waals surface area contributed by atoms with E-state index in [4.69, 9.17) is 11.6 Å². The second kappa shape index (κ2) is 9.52. The predicted octanol–water partition coefficient (Wildman–Crippen LogP) is 2.00. The first-order valence-corrected chi connectivity index (χ1v) is 10.6. The van der Waals surface area contributed by atoms with Crippen molar-refractivity contribution in [2.75, 3.05) is 26.2 Å². The number of carbonyl (C=O) groups is 1. The third kappa shape index (κ3) is 5.95. The molecule has 2 N–H and O–H groups in total. The Hall–Kier alpha value is -1.15. The monoisotopic (exact) mass is 387 g/mol. The number of nitrogens with one attached hydrogen (secondary N) is 2. The van der Waals surface area contributed by atoms with Crippen LogP contribution in [0.2, 0.25) is 5.02 Å². The molecule has 1 saturated heterocycles. The van der Waals surface area contributed by atoms with E-state index < -0.39 is 10.0 Å². The molecular formula is C17H26ClN3O3S. The van der Waals surface area contributed by atoms with Gasteiger partial charge in [-0.2, -0.15) is 0 Å². The lowest BCUT2D eigenvalue weighted by molar-refractivity contribution is -0.127. The lowest BCUT2D eigenvalue weighted by atomic mass is 10.0. The predicted molar refractivity (Wildman–Crippen MR) is 99.2 cm³/mol. The number of rotatable bonds is 8. The number of hydrogen-bond acceptors (Lipinski definition) is 4. The number of piperidine rings is 1. The number of sulfonamides is 1. The van der Waals surface area contributed by atoms with Gasteiger partial charge in [0.05, 0.1) is 10.9 Å². The van der Waals surface area contributed by atoms with Crippen molar-refractivity contribution in [1.82, 2.24) is 14.9 Å². The molecule has 1 aromatic rings. The Morgan fingerprint density at radius 3 is 2.84 bits per heavy atom. The number of likely N-dealkylation sites (tertiary alicyclic amines) is 1. The number of halogens is 1. The largest absolute Gasteiger partial charge is 0.353 e. The van der Waals surface area contributed by atoms with Gasteiger partial charge in [-0.05, 0) is 50.6 Å². The highest BCUT2D eigenvalue weighted by atomic mass is 35.5. The highest BCUT2D eigenvalue weighted by Gasteiger charge is 2.27. The molecule has 1 unspecified atom stereocenters. The molecule has 140 valence electrons. The van der Waals surface area contributed by atoms with Crippen LogP contribution in [-0.4, -0.2) is 51.4 Å². The summed E-state index contributed by atoms with van der Waals surface area (Å²) in [5.74, 6) is -0.0184. The average Bonchev–Trinajstić information content (AvgIpc) is 2.59. The van der Waals surface area contributed by atoms with Crippen LogP contribution in [0.15, 0.2) is 29.2 Å². The first-order chi connectivity index (χ1) is 11.9. The van der Waals surface area contributed by atoms with Crippen molar-refractivity contribution in [2.45, 2.75) is 43.5 Å². The maximum absolute atomic E-state index is 12.4. The van der Waals surface area contributed by atoms with Gasteiger partial charge in [-0.25, -0.2) is 13.1 Å². The number of carbonyl (C=O) groups excluding carboxylic acids is 1. The van der Waals surface area contributed by atoms with Crippen molar-refractivity contribution in [3.63, 3.8) is 0 Å². The van der Waals surface area contributed by atoms with Gasteiger partial charge in [-0.3, -0.25) is 9.69 Å². The topological polar surface area (TPSA) is 78.5 Å². The fourth-order valence-corrected chi connectivity index (χ4v) is 4.38. The fraction of sp³-hybridized carbons (Fsp3) is 0.588. The molecule has 1 aliphatic heterocycles. The van der Waals surface area contributed by atoms with Crippen LogP contribution in [0.25, 0.3) is 0 Å². The highest BCUT2D eigenvalue weighted by Crippen LogP contribution is 2.17. The molecule has 0 aromatic heterocycles. The molecule has 25 heavy (non-hydrogen) atoms. The molecule has 0 aliphatic carbocycles. The Kier molecular flexibility index (Phi) is 7.68. The highest BCUT2D eigenvalue weighted by molar-refractivity contribution is 7.89. The molecule has 6 nitrogen and oxygen atoms in total. The molecule has 2 rings (SSSR count). The van der Waals surface area contributed by atoms with Crippen molar-refractivity contribution in [1.29, 1.82) is 0 Å². The molecule has 1 aliphatic rings. The van der Waals surface area contributed by atoms with Gasteiger partial charge in [-0.15, -0.1) is 0 Å². The number of nitrogens with zero attached hydrogens (tertiary/aromatic N) is 1. The molecule has 0 bridgehead atoms. The van der Waals surface area contributed by atoms with Gasteiger partial charge in [-0.1, -0.05) is 31.0 Å². The summed E-state index contributed by atoms with van der Waals surface area (Å²) < 4.78 is 26.8. The number of hydrogen-bond donors (Lipinski definition) is 2. The third-order valence-corrected chi connectivity index (χ3v) is 5.94. The van der Waals surface area contributed by atoms with E-state index in [1.54, 1.807) is 12.1 Å². The van der Waals surface area contributed by atoms with Crippen LogP contribution in [0.3, 0.4) is 0 Å². The third-order valence-electron chi connectivity index (χ3n) is 4.25. The quantitative estimate of drug-likeness (QED) is 0.669. The van der Waals surface area contributed by atoms with Gasteiger partial charge in [0.1, 0.15) is 0 Å². The Bertz CT molecular complexity index is 679. The lowest BCUT2D eigenvalue weighted by Gasteiger charge is -2.34. The van der Waals surface area contributed by atoms with Crippen molar-refractivity contribution < 1.29 is 13.2 Å². The Morgan fingerprint density at radius 2 is 2.12 bits per heavy atom.